The third-order valence-corrected chi connectivity index (χ3v) is 3.01. The molecule has 5 nitrogen and oxygen atoms in total. The number of benzene rings is 1. The van der Waals surface area contributed by atoms with Crippen molar-refractivity contribution in [2.24, 2.45) is 7.05 Å². The van der Waals surface area contributed by atoms with Crippen molar-refractivity contribution in [2.45, 2.75) is 6.92 Å². The average Bonchev–Trinajstić information content (AvgIpc) is 2.70. The van der Waals surface area contributed by atoms with Crippen LogP contribution in [0.15, 0.2) is 18.3 Å². The van der Waals surface area contributed by atoms with E-state index in [0.29, 0.717) is 17.3 Å². The van der Waals surface area contributed by atoms with Crippen LogP contribution in [-0.2, 0) is 7.05 Å². The number of aryl methyl sites for hydroxylation is 2. The molecule has 5 heteroatoms. The Balaban J connectivity index is 2.61. The molecule has 0 radical (unpaired) electrons. The maximum Gasteiger partial charge on any atom is 0.161 e. The molecule has 1 aromatic carbocycles. The minimum absolute atomic E-state index is 0.630. The molecule has 96 valence electrons. The van der Waals surface area contributed by atoms with Crippen molar-refractivity contribution in [3.05, 3.63) is 23.9 Å². The molecule has 2 aromatic rings. The molecular weight excluding hydrogens is 230 g/mol. The van der Waals surface area contributed by atoms with E-state index in [9.17, 15) is 0 Å². The molecule has 0 saturated carbocycles. The third kappa shape index (κ3) is 1.88. The lowest BCUT2D eigenvalue weighted by Crippen LogP contribution is -1.99. The van der Waals surface area contributed by atoms with Gasteiger partial charge in [0, 0.05) is 12.6 Å². The topological polar surface area (TPSA) is 62.3 Å². The van der Waals surface area contributed by atoms with Crippen molar-refractivity contribution >= 4 is 5.82 Å². The fourth-order valence-corrected chi connectivity index (χ4v) is 1.93. The second kappa shape index (κ2) is 4.60. The number of nitrogen functional groups attached to an aromatic ring is 1. The average molecular weight is 247 g/mol. The van der Waals surface area contributed by atoms with E-state index in [0.717, 1.165) is 16.7 Å². The number of nitrogens with two attached hydrogens (primary N) is 1. The first-order valence-electron chi connectivity index (χ1n) is 5.59. The summed E-state index contributed by atoms with van der Waals surface area (Å²) in [5, 5.41) is 4.15. The second-order valence-corrected chi connectivity index (χ2v) is 4.09. The predicted molar refractivity (Wildman–Crippen MR) is 70.9 cm³/mol. The molecule has 0 fully saturated rings. The summed E-state index contributed by atoms with van der Waals surface area (Å²) in [6.45, 7) is 2.00. The lowest BCUT2D eigenvalue weighted by atomic mass is 10.0. The van der Waals surface area contributed by atoms with Gasteiger partial charge in [0.15, 0.2) is 11.5 Å². The molecule has 0 aliphatic rings. The summed E-state index contributed by atoms with van der Waals surface area (Å²) in [6.07, 6.45) is 1.75. The van der Waals surface area contributed by atoms with E-state index in [2.05, 4.69) is 5.10 Å². The third-order valence-electron chi connectivity index (χ3n) is 3.01. The van der Waals surface area contributed by atoms with Crippen LogP contribution >= 0.6 is 0 Å². The lowest BCUT2D eigenvalue weighted by molar-refractivity contribution is 0.355. The SMILES string of the molecule is COc1cc(C)c(-c2cnn(C)c2N)cc1OC. The number of ether oxygens (including phenoxy) is 2. The highest BCUT2D eigenvalue weighted by Crippen LogP contribution is 2.37. The maximum atomic E-state index is 5.99. The Labute approximate surface area is 106 Å². The van der Waals surface area contributed by atoms with Gasteiger partial charge in [0.1, 0.15) is 5.82 Å². The molecule has 0 saturated heterocycles. The zero-order valence-electron chi connectivity index (χ0n) is 11.0. The summed E-state index contributed by atoms with van der Waals surface area (Å²) >= 11 is 0. The van der Waals surface area contributed by atoms with Gasteiger partial charge in [-0.1, -0.05) is 0 Å². The highest BCUT2D eigenvalue weighted by Gasteiger charge is 2.14. The van der Waals surface area contributed by atoms with Crippen LogP contribution in [0.2, 0.25) is 0 Å². The van der Waals surface area contributed by atoms with Crippen LogP contribution < -0.4 is 15.2 Å². The number of hydrogen-bond acceptors (Lipinski definition) is 4. The molecule has 0 spiro atoms. The zero-order valence-corrected chi connectivity index (χ0v) is 11.0. The van der Waals surface area contributed by atoms with Gasteiger partial charge in [-0.25, -0.2) is 0 Å². The van der Waals surface area contributed by atoms with Crippen LogP contribution in [0.4, 0.5) is 5.82 Å². The van der Waals surface area contributed by atoms with Gasteiger partial charge in [0.2, 0.25) is 0 Å². The van der Waals surface area contributed by atoms with Gasteiger partial charge < -0.3 is 15.2 Å². The molecule has 0 amide bonds. The molecule has 0 unspecified atom stereocenters. The minimum Gasteiger partial charge on any atom is -0.493 e. The number of anilines is 1. The lowest BCUT2D eigenvalue weighted by Gasteiger charge is -2.12. The number of rotatable bonds is 3. The van der Waals surface area contributed by atoms with Gasteiger partial charge in [-0.15, -0.1) is 0 Å². The summed E-state index contributed by atoms with van der Waals surface area (Å²) < 4.78 is 12.2. The number of methoxy groups -OCH3 is 2. The Morgan fingerprint density at radius 1 is 1.11 bits per heavy atom. The van der Waals surface area contributed by atoms with Crippen LogP contribution in [0.25, 0.3) is 11.1 Å². The fraction of sp³-hybridized carbons (Fsp3) is 0.308. The second-order valence-electron chi connectivity index (χ2n) is 4.09. The Kier molecular flexibility index (Phi) is 3.14. The van der Waals surface area contributed by atoms with Crippen molar-refractivity contribution in [3.8, 4) is 22.6 Å². The molecule has 1 heterocycles. The summed E-state index contributed by atoms with van der Waals surface area (Å²) in [5.41, 5.74) is 8.95. The van der Waals surface area contributed by atoms with Crippen LogP contribution in [0.3, 0.4) is 0 Å². The largest absolute Gasteiger partial charge is 0.493 e. The van der Waals surface area contributed by atoms with E-state index >= 15 is 0 Å². The van der Waals surface area contributed by atoms with E-state index in [4.69, 9.17) is 15.2 Å². The van der Waals surface area contributed by atoms with Crippen molar-refractivity contribution in [1.29, 1.82) is 0 Å². The minimum atomic E-state index is 0.630. The van der Waals surface area contributed by atoms with Crippen molar-refractivity contribution < 1.29 is 9.47 Å². The van der Waals surface area contributed by atoms with E-state index in [1.54, 1.807) is 25.1 Å². The normalized spacial score (nSPS) is 10.4. The monoisotopic (exact) mass is 247 g/mol. The maximum absolute atomic E-state index is 5.99. The number of hydrogen-bond donors (Lipinski definition) is 1. The molecule has 0 aliphatic carbocycles. The van der Waals surface area contributed by atoms with Crippen LogP contribution in [0.5, 0.6) is 11.5 Å². The number of nitrogens with zero attached hydrogens (tertiary/aromatic N) is 2. The molecule has 2 N–H and O–H groups in total. The molecule has 1 aromatic heterocycles. The van der Waals surface area contributed by atoms with E-state index in [1.165, 1.54) is 0 Å². The Hall–Kier alpha value is -2.17. The van der Waals surface area contributed by atoms with Gasteiger partial charge in [-0.05, 0) is 30.2 Å². The highest BCUT2D eigenvalue weighted by atomic mass is 16.5. The predicted octanol–water partition coefficient (Wildman–Crippen LogP) is 1.99. The summed E-state index contributed by atoms with van der Waals surface area (Å²) in [5.74, 6) is 2.02. The van der Waals surface area contributed by atoms with Crippen molar-refractivity contribution in [2.75, 3.05) is 20.0 Å². The Bertz CT molecular complexity index is 576. The molecule has 0 aliphatic heterocycles. The van der Waals surface area contributed by atoms with Crippen LogP contribution in [0.1, 0.15) is 5.56 Å². The Morgan fingerprint density at radius 2 is 1.72 bits per heavy atom. The smallest absolute Gasteiger partial charge is 0.161 e. The van der Waals surface area contributed by atoms with Crippen molar-refractivity contribution in [1.82, 2.24) is 9.78 Å². The molecule has 2 rings (SSSR count). The summed E-state index contributed by atoms with van der Waals surface area (Å²) in [6, 6.07) is 3.85. The standard InChI is InChI=1S/C13H17N3O2/c1-8-5-11(17-3)12(18-4)6-9(8)10-7-15-16(2)13(10)14/h5-7H,14H2,1-4H3. The van der Waals surface area contributed by atoms with Crippen molar-refractivity contribution in [3.63, 3.8) is 0 Å². The summed E-state index contributed by atoms with van der Waals surface area (Å²) in [4.78, 5) is 0. The van der Waals surface area contributed by atoms with Gasteiger partial charge in [-0.2, -0.15) is 5.10 Å². The van der Waals surface area contributed by atoms with E-state index in [-0.39, 0.29) is 0 Å². The van der Waals surface area contributed by atoms with Gasteiger partial charge in [0.05, 0.1) is 20.4 Å². The first-order valence-corrected chi connectivity index (χ1v) is 5.59. The quantitative estimate of drug-likeness (QED) is 0.901. The molecular formula is C13H17N3O2. The fourth-order valence-electron chi connectivity index (χ4n) is 1.93. The van der Waals surface area contributed by atoms with Gasteiger partial charge >= 0.3 is 0 Å². The Morgan fingerprint density at radius 3 is 2.22 bits per heavy atom. The molecule has 18 heavy (non-hydrogen) atoms. The van der Waals surface area contributed by atoms with E-state index < -0.39 is 0 Å². The van der Waals surface area contributed by atoms with Crippen LogP contribution in [0, 0.1) is 6.92 Å². The first-order chi connectivity index (χ1) is 8.58. The van der Waals surface area contributed by atoms with E-state index in [1.807, 2.05) is 26.1 Å². The molecule has 0 bridgehead atoms. The van der Waals surface area contributed by atoms with Crippen LogP contribution in [-0.4, -0.2) is 24.0 Å². The number of aromatic nitrogens is 2. The first kappa shape index (κ1) is 12.3. The highest BCUT2D eigenvalue weighted by molar-refractivity contribution is 5.78. The van der Waals surface area contributed by atoms with Gasteiger partial charge in [-0.3, -0.25) is 4.68 Å². The summed E-state index contributed by atoms with van der Waals surface area (Å²) in [7, 11) is 5.05. The zero-order chi connectivity index (χ0) is 13.3. The van der Waals surface area contributed by atoms with Gasteiger partial charge in [0.25, 0.3) is 0 Å². The molecule has 0 atom stereocenters.